The normalized spacial score (nSPS) is 15.6. The Morgan fingerprint density at radius 2 is 2.14 bits per heavy atom. The van der Waals surface area contributed by atoms with Crippen molar-refractivity contribution in [1.29, 1.82) is 0 Å². The first-order valence-corrected chi connectivity index (χ1v) is 5.63. The van der Waals surface area contributed by atoms with Crippen LogP contribution in [0.3, 0.4) is 0 Å². The second kappa shape index (κ2) is 4.03. The Kier molecular flexibility index (Phi) is 3.37. The van der Waals surface area contributed by atoms with Gasteiger partial charge in [0, 0.05) is 19.0 Å². The molecule has 0 saturated heterocycles. The highest BCUT2D eigenvalue weighted by Crippen LogP contribution is 2.24. The second-order valence-electron chi connectivity index (χ2n) is 4.15. The molecule has 1 atom stereocenters. The molecule has 0 aliphatic rings. The summed E-state index contributed by atoms with van der Waals surface area (Å²) >= 11 is 3.54. The molecule has 1 aromatic heterocycles. The van der Waals surface area contributed by atoms with Crippen LogP contribution < -0.4 is 5.73 Å². The summed E-state index contributed by atoms with van der Waals surface area (Å²) in [6, 6.07) is 0. The standard InChI is InChI=1S/C10H18BrN3/c1-5-10(3,12)6-8-9(11)7(2)13-14(8)4/h5-6,12H2,1-4H3. The Balaban J connectivity index is 2.97. The molecule has 0 fully saturated rings. The smallest absolute Gasteiger partial charge is 0.0738 e. The molecule has 14 heavy (non-hydrogen) atoms. The highest BCUT2D eigenvalue weighted by Gasteiger charge is 2.21. The fourth-order valence-electron chi connectivity index (χ4n) is 1.38. The molecule has 1 unspecified atom stereocenters. The van der Waals surface area contributed by atoms with Gasteiger partial charge in [0.1, 0.15) is 0 Å². The van der Waals surface area contributed by atoms with Crippen LogP contribution in [0.15, 0.2) is 4.47 Å². The molecule has 3 nitrogen and oxygen atoms in total. The van der Waals surface area contributed by atoms with E-state index in [0.29, 0.717) is 0 Å². The van der Waals surface area contributed by atoms with Crippen LogP contribution in [0.1, 0.15) is 31.7 Å². The van der Waals surface area contributed by atoms with Gasteiger partial charge >= 0.3 is 0 Å². The molecule has 0 amide bonds. The molecule has 1 aromatic rings. The summed E-state index contributed by atoms with van der Waals surface area (Å²) in [6.07, 6.45) is 1.81. The van der Waals surface area contributed by atoms with Gasteiger partial charge in [0.05, 0.1) is 15.9 Å². The first kappa shape index (κ1) is 11.7. The SMILES string of the molecule is CCC(C)(N)Cc1c(Br)c(C)nn1C. The second-order valence-corrected chi connectivity index (χ2v) is 4.95. The van der Waals surface area contributed by atoms with E-state index in [0.717, 1.165) is 23.0 Å². The topological polar surface area (TPSA) is 43.8 Å². The van der Waals surface area contributed by atoms with E-state index in [1.165, 1.54) is 5.69 Å². The van der Waals surface area contributed by atoms with E-state index < -0.39 is 0 Å². The van der Waals surface area contributed by atoms with Gasteiger partial charge in [-0.1, -0.05) is 6.92 Å². The molecule has 0 spiro atoms. The Morgan fingerprint density at radius 3 is 2.50 bits per heavy atom. The summed E-state index contributed by atoms with van der Waals surface area (Å²) in [5.74, 6) is 0. The largest absolute Gasteiger partial charge is 0.325 e. The van der Waals surface area contributed by atoms with E-state index >= 15 is 0 Å². The minimum atomic E-state index is -0.150. The lowest BCUT2D eigenvalue weighted by atomic mass is 9.94. The summed E-state index contributed by atoms with van der Waals surface area (Å²) in [5.41, 5.74) is 8.18. The summed E-state index contributed by atoms with van der Waals surface area (Å²) in [6.45, 7) is 6.17. The molecule has 4 heteroatoms. The monoisotopic (exact) mass is 259 g/mol. The fraction of sp³-hybridized carbons (Fsp3) is 0.700. The highest BCUT2D eigenvalue weighted by atomic mass is 79.9. The maximum atomic E-state index is 6.13. The summed E-state index contributed by atoms with van der Waals surface area (Å²) in [4.78, 5) is 0. The summed E-state index contributed by atoms with van der Waals surface area (Å²) in [5, 5.41) is 4.34. The average molecular weight is 260 g/mol. The predicted molar refractivity (Wildman–Crippen MR) is 62.2 cm³/mol. The molecule has 0 radical (unpaired) electrons. The van der Waals surface area contributed by atoms with Crippen molar-refractivity contribution in [2.75, 3.05) is 0 Å². The van der Waals surface area contributed by atoms with E-state index in [4.69, 9.17) is 5.73 Å². The molecule has 1 heterocycles. The number of aromatic nitrogens is 2. The minimum Gasteiger partial charge on any atom is -0.325 e. The lowest BCUT2D eigenvalue weighted by Crippen LogP contribution is -2.38. The van der Waals surface area contributed by atoms with Gasteiger partial charge in [0.15, 0.2) is 0 Å². The van der Waals surface area contributed by atoms with E-state index in [9.17, 15) is 0 Å². The van der Waals surface area contributed by atoms with Crippen LogP contribution in [0.2, 0.25) is 0 Å². The molecule has 0 aliphatic carbocycles. The molecule has 1 rings (SSSR count). The van der Waals surface area contributed by atoms with Crippen molar-refractivity contribution in [2.24, 2.45) is 12.8 Å². The Labute approximate surface area is 93.8 Å². The van der Waals surface area contributed by atoms with E-state index in [1.807, 2.05) is 18.7 Å². The third kappa shape index (κ3) is 2.36. The zero-order valence-electron chi connectivity index (χ0n) is 9.26. The van der Waals surface area contributed by atoms with Crippen LogP contribution in [-0.2, 0) is 13.5 Å². The zero-order valence-corrected chi connectivity index (χ0v) is 10.8. The van der Waals surface area contributed by atoms with Crippen molar-refractivity contribution < 1.29 is 0 Å². The number of halogens is 1. The van der Waals surface area contributed by atoms with Crippen molar-refractivity contribution in [3.63, 3.8) is 0 Å². The number of rotatable bonds is 3. The van der Waals surface area contributed by atoms with Crippen molar-refractivity contribution in [2.45, 2.75) is 39.2 Å². The third-order valence-electron chi connectivity index (χ3n) is 2.64. The van der Waals surface area contributed by atoms with Crippen LogP contribution in [0.4, 0.5) is 0 Å². The zero-order chi connectivity index (χ0) is 10.9. The molecule has 0 saturated carbocycles. The van der Waals surface area contributed by atoms with Crippen molar-refractivity contribution in [3.8, 4) is 0 Å². The number of aryl methyl sites for hydroxylation is 2. The van der Waals surface area contributed by atoms with Gasteiger partial charge in [-0.2, -0.15) is 5.10 Å². The lowest BCUT2D eigenvalue weighted by Gasteiger charge is -2.22. The number of hydrogen-bond acceptors (Lipinski definition) is 2. The van der Waals surface area contributed by atoms with Crippen LogP contribution in [0.25, 0.3) is 0 Å². The van der Waals surface area contributed by atoms with Crippen molar-refractivity contribution in [3.05, 3.63) is 15.9 Å². The predicted octanol–water partition coefficient (Wildman–Crippen LogP) is 2.16. The fourth-order valence-corrected chi connectivity index (χ4v) is 1.86. The molecule has 0 bridgehead atoms. The van der Waals surface area contributed by atoms with Gasteiger partial charge in [-0.05, 0) is 36.2 Å². The highest BCUT2D eigenvalue weighted by molar-refractivity contribution is 9.10. The lowest BCUT2D eigenvalue weighted by molar-refractivity contribution is 0.435. The Hall–Kier alpha value is -0.350. The van der Waals surface area contributed by atoms with Crippen LogP contribution in [-0.4, -0.2) is 15.3 Å². The van der Waals surface area contributed by atoms with E-state index in [-0.39, 0.29) is 5.54 Å². The van der Waals surface area contributed by atoms with Gasteiger partial charge in [0.2, 0.25) is 0 Å². The van der Waals surface area contributed by atoms with Gasteiger partial charge < -0.3 is 5.73 Å². The first-order valence-electron chi connectivity index (χ1n) is 4.84. The first-order chi connectivity index (χ1) is 6.37. The molecular formula is C10H18BrN3. The number of hydrogen-bond donors (Lipinski definition) is 1. The third-order valence-corrected chi connectivity index (χ3v) is 3.67. The summed E-state index contributed by atoms with van der Waals surface area (Å²) < 4.78 is 2.99. The van der Waals surface area contributed by atoms with E-state index in [1.54, 1.807) is 0 Å². The van der Waals surface area contributed by atoms with Gasteiger partial charge in [0.25, 0.3) is 0 Å². The molecule has 80 valence electrons. The van der Waals surface area contributed by atoms with Gasteiger partial charge in [-0.25, -0.2) is 0 Å². The maximum Gasteiger partial charge on any atom is 0.0738 e. The molecule has 2 N–H and O–H groups in total. The number of nitrogens with zero attached hydrogens (tertiary/aromatic N) is 2. The average Bonchev–Trinajstić information content (AvgIpc) is 2.32. The quantitative estimate of drug-likeness (QED) is 0.905. The molecule has 0 aromatic carbocycles. The Morgan fingerprint density at radius 1 is 1.57 bits per heavy atom. The summed E-state index contributed by atoms with van der Waals surface area (Å²) in [7, 11) is 1.96. The van der Waals surface area contributed by atoms with Crippen molar-refractivity contribution >= 4 is 15.9 Å². The van der Waals surface area contributed by atoms with Crippen LogP contribution in [0, 0.1) is 6.92 Å². The minimum absolute atomic E-state index is 0.150. The van der Waals surface area contributed by atoms with Gasteiger partial charge in [-0.3, -0.25) is 4.68 Å². The van der Waals surface area contributed by atoms with Crippen LogP contribution >= 0.6 is 15.9 Å². The van der Waals surface area contributed by atoms with Crippen LogP contribution in [0.5, 0.6) is 0 Å². The number of nitrogens with two attached hydrogens (primary N) is 1. The molecular weight excluding hydrogens is 242 g/mol. The maximum absolute atomic E-state index is 6.13. The molecule has 0 aliphatic heterocycles. The van der Waals surface area contributed by atoms with E-state index in [2.05, 4.69) is 34.9 Å². The Bertz CT molecular complexity index is 328. The van der Waals surface area contributed by atoms with Gasteiger partial charge in [-0.15, -0.1) is 0 Å². The van der Waals surface area contributed by atoms with Crippen molar-refractivity contribution in [1.82, 2.24) is 9.78 Å².